The van der Waals surface area contributed by atoms with Crippen LogP contribution in [0.1, 0.15) is 12.5 Å². The molecule has 6 nitrogen and oxygen atoms in total. The lowest BCUT2D eigenvalue weighted by Gasteiger charge is -2.10. The summed E-state index contributed by atoms with van der Waals surface area (Å²) in [5.74, 6) is 1.09. The van der Waals surface area contributed by atoms with Crippen molar-refractivity contribution in [2.75, 3.05) is 14.2 Å². The van der Waals surface area contributed by atoms with Gasteiger partial charge in [-0.25, -0.2) is 0 Å². The van der Waals surface area contributed by atoms with E-state index in [9.17, 15) is 0 Å². The Kier molecular flexibility index (Phi) is 4.57. The first-order chi connectivity index (χ1) is 9.66. The molecule has 0 N–H and O–H groups in total. The Morgan fingerprint density at radius 3 is 2.40 bits per heavy atom. The molecule has 0 fully saturated rings. The molecule has 0 aliphatic rings. The number of nitrogens with zero attached hydrogens (tertiary/aromatic N) is 3. The highest BCUT2D eigenvalue weighted by atomic mass is 35.5. The second kappa shape index (κ2) is 6.38. The van der Waals surface area contributed by atoms with Crippen LogP contribution in [0.3, 0.4) is 0 Å². The Hall–Kier alpha value is -2.08. The molecule has 0 spiro atoms. The zero-order chi connectivity index (χ0) is 14.5. The second-order valence-corrected chi connectivity index (χ2v) is 4.15. The van der Waals surface area contributed by atoms with Crippen molar-refractivity contribution in [3.8, 4) is 23.5 Å². The van der Waals surface area contributed by atoms with Crippen LogP contribution >= 0.6 is 11.6 Å². The molecule has 0 radical (unpaired) electrons. The molecule has 7 heteroatoms. The Morgan fingerprint density at radius 1 is 1.00 bits per heavy atom. The number of ether oxygens (including phenoxy) is 3. The van der Waals surface area contributed by atoms with Gasteiger partial charge in [-0.1, -0.05) is 13.0 Å². The molecule has 2 rings (SSSR count). The topological polar surface area (TPSA) is 66.4 Å². The summed E-state index contributed by atoms with van der Waals surface area (Å²) in [5.41, 5.74) is 1.14. The molecule has 20 heavy (non-hydrogen) atoms. The van der Waals surface area contributed by atoms with E-state index in [0.717, 1.165) is 12.0 Å². The maximum atomic E-state index is 5.76. The summed E-state index contributed by atoms with van der Waals surface area (Å²) < 4.78 is 15.8. The number of aromatic nitrogens is 3. The third kappa shape index (κ3) is 3.27. The number of halogens is 1. The molecule has 0 atom stereocenters. The van der Waals surface area contributed by atoms with Crippen LogP contribution in [0, 0.1) is 0 Å². The van der Waals surface area contributed by atoms with Crippen LogP contribution in [0.2, 0.25) is 5.28 Å². The number of benzene rings is 1. The van der Waals surface area contributed by atoms with Crippen LogP contribution in [0.25, 0.3) is 0 Å². The molecule has 1 aromatic heterocycles. The van der Waals surface area contributed by atoms with Gasteiger partial charge in [-0.05, 0) is 35.7 Å². The molecule has 0 unspecified atom stereocenters. The van der Waals surface area contributed by atoms with Gasteiger partial charge in [-0.2, -0.15) is 9.97 Å². The molecule has 1 heterocycles. The van der Waals surface area contributed by atoms with Crippen LogP contribution in [-0.2, 0) is 6.42 Å². The number of hydrogen-bond acceptors (Lipinski definition) is 6. The summed E-state index contributed by atoms with van der Waals surface area (Å²) in [6.45, 7) is 2.06. The van der Waals surface area contributed by atoms with Gasteiger partial charge in [0.1, 0.15) is 0 Å². The van der Waals surface area contributed by atoms with E-state index in [2.05, 4.69) is 21.9 Å². The van der Waals surface area contributed by atoms with Gasteiger partial charge in [0.05, 0.1) is 14.2 Å². The van der Waals surface area contributed by atoms with Gasteiger partial charge in [0.25, 0.3) is 0 Å². The summed E-state index contributed by atoms with van der Waals surface area (Å²) in [6.07, 6.45) is 0.905. The average Bonchev–Trinajstić information content (AvgIpc) is 2.47. The Morgan fingerprint density at radius 2 is 1.75 bits per heavy atom. The second-order valence-electron chi connectivity index (χ2n) is 3.81. The highest BCUT2D eigenvalue weighted by molar-refractivity contribution is 6.28. The van der Waals surface area contributed by atoms with Crippen molar-refractivity contribution in [2.24, 2.45) is 0 Å². The Labute approximate surface area is 121 Å². The Balaban J connectivity index is 2.31. The largest absolute Gasteiger partial charge is 0.493 e. The predicted octanol–water partition coefficient (Wildman–Crippen LogP) is 2.90. The lowest BCUT2D eigenvalue weighted by atomic mass is 10.1. The fraction of sp³-hybridized carbons (Fsp3) is 0.308. The van der Waals surface area contributed by atoms with E-state index in [4.69, 9.17) is 25.8 Å². The third-order valence-corrected chi connectivity index (χ3v) is 2.76. The van der Waals surface area contributed by atoms with Gasteiger partial charge < -0.3 is 14.2 Å². The first kappa shape index (κ1) is 14.3. The molecule has 1 aromatic carbocycles. The van der Waals surface area contributed by atoms with Gasteiger partial charge in [-0.15, -0.1) is 4.98 Å². The zero-order valence-electron chi connectivity index (χ0n) is 11.4. The first-order valence-corrected chi connectivity index (χ1v) is 6.34. The quantitative estimate of drug-likeness (QED) is 0.845. The van der Waals surface area contributed by atoms with Crippen molar-refractivity contribution >= 4 is 11.6 Å². The van der Waals surface area contributed by atoms with E-state index in [1.807, 2.05) is 12.1 Å². The van der Waals surface area contributed by atoms with Crippen molar-refractivity contribution in [2.45, 2.75) is 13.3 Å². The van der Waals surface area contributed by atoms with Crippen molar-refractivity contribution in [1.29, 1.82) is 0 Å². The molecule has 2 aromatic rings. The first-order valence-electron chi connectivity index (χ1n) is 5.96. The minimum absolute atomic E-state index is 0.00371. The minimum atomic E-state index is -0.00371. The average molecular weight is 296 g/mol. The lowest BCUT2D eigenvalue weighted by molar-refractivity contribution is 0.345. The van der Waals surface area contributed by atoms with E-state index in [1.54, 1.807) is 13.2 Å². The van der Waals surface area contributed by atoms with Gasteiger partial charge in [0.15, 0.2) is 11.5 Å². The monoisotopic (exact) mass is 295 g/mol. The van der Waals surface area contributed by atoms with Crippen molar-refractivity contribution in [3.05, 3.63) is 29.0 Å². The summed E-state index contributed by atoms with van der Waals surface area (Å²) in [5, 5.41) is -0.00371. The van der Waals surface area contributed by atoms with Crippen molar-refractivity contribution in [1.82, 2.24) is 15.0 Å². The van der Waals surface area contributed by atoms with Gasteiger partial charge >= 0.3 is 12.0 Å². The number of hydrogen-bond donors (Lipinski definition) is 0. The number of aryl methyl sites for hydroxylation is 1. The normalized spacial score (nSPS) is 10.2. The minimum Gasteiger partial charge on any atom is -0.493 e. The molecule has 0 bridgehead atoms. The fourth-order valence-electron chi connectivity index (χ4n) is 1.57. The lowest BCUT2D eigenvalue weighted by Crippen LogP contribution is -2.00. The smallest absolute Gasteiger partial charge is 0.329 e. The summed E-state index contributed by atoms with van der Waals surface area (Å²) in [6, 6.07) is 5.77. The van der Waals surface area contributed by atoms with Crippen LogP contribution in [0.4, 0.5) is 0 Å². The van der Waals surface area contributed by atoms with Crippen LogP contribution in [0.15, 0.2) is 18.2 Å². The Bertz CT molecular complexity index is 607. The molecular weight excluding hydrogens is 282 g/mol. The predicted molar refractivity (Wildman–Crippen MR) is 73.8 cm³/mol. The molecule has 0 aliphatic carbocycles. The highest BCUT2D eigenvalue weighted by Gasteiger charge is 2.11. The van der Waals surface area contributed by atoms with E-state index in [0.29, 0.717) is 11.5 Å². The van der Waals surface area contributed by atoms with Gasteiger partial charge in [0, 0.05) is 0 Å². The van der Waals surface area contributed by atoms with Crippen LogP contribution in [0.5, 0.6) is 23.5 Å². The summed E-state index contributed by atoms with van der Waals surface area (Å²) >= 11 is 5.76. The van der Waals surface area contributed by atoms with Gasteiger partial charge in [0.2, 0.25) is 5.28 Å². The molecule has 0 amide bonds. The number of methoxy groups -OCH3 is 2. The van der Waals surface area contributed by atoms with Crippen LogP contribution < -0.4 is 14.2 Å². The van der Waals surface area contributed by atoms with E-state index < -0.39 is 0 Å². The summed E-state index contributed by atoms with van der Waals surface area (Å²) in [7, 11) is 3.01. The van der Waals surface area contributed by atoms with E-state index >= 15 is 0 Å². The molecular formula is C13H14ClN3O3. The third-order valence-electron chi connectivity index (χ3n) is 2.59. The van der Waals surface area contributed by atoms with Crippen molar-refractivity contribution in [3.63, 3.8) is 0 Å². The van der Waals surface area contributed by atoms with Crippen molar-refractivity contribution < 1.29 is 14.2 Å². The molecule has 0 saturated carbocycles. The number of rotatable bonds is 5. The van der Waals surface area contributed by atoms with Crippen LogP contribution in [-0.4, -0.2) is 29.2 Å². The fourth-order valence-corrected chi connectivity index (χ4v) is 1.71. The van der Waals surface area contributed by atoms with E-state index in [1.165, 1.54) is 7.11 Å². The molecule has 0 saturated heterocycles. The zero-order valence-corrected chi connectivity index (χ0v) is 12.1. The van der Waals surface area contributed by atoms with E-state index in [-0.39, 0.29) is 17.3 Å². The maximum Gasteiger partial charge on any atom is 0.329 e. The SMILES string of the molecule is CCc1ccc(Oc2nc(Cl)nc(OC)n2)c(OC)c1. The molecule has 106 valence electrons. The molecule has 0 aliphatic heterocycles. The highest BCUT2D eigenvalue weighted by Crippen LogP contribution is 2.31. The maximum absolute atomic E-state index is 5.76. The standard InChI is InChI=1S/C13H14ClN3O3/c1-4-8-5-6-9(10(7-8)18-2)20-13-16-11(14)15-12(17-13)19-3/h5-7H,4H2,1-3H3. The summed E-state index contributed by atoms with van der Waals surface area (Å²) in [4.78, 5) is 11.6. The van der Waals surface area contributed by atoms with Gasteiger partial charge in [-0.3, -0.25) is 0 Å².